The first-order valence-corrected chi connectivity index (χ1v) is 6.48. The van der Waals surface area contributed by atoms with E-state index in [-0.39, 0.29) is 19.6 Å². The zero-order valence-electron chi connectivity index (χ0n) is 11.0. The van der Waals surface area contributed by atoms with E-state index in [1.807, 2.05) is 0 Å². The highest BCUT2D eigenvalue weighted by molar-refractivity contribution is 6.30. The van der Waals surface area contributed by atoms with Crippen molar-refractivity contribution < 1.29 is 24.6 Å². The molecule has 2 amide bonds. The van der Waals surface area contributed by atoms with Crippen LogP contribution in [-0.4, -0.2) is 47.2 Å². The summed E-state index contributed by atoms with van der Waals surface area (Å²) in [7, 11) is 0. The lowest BCUT2D eigenvalue weighted by Crippen LogP contribution is -2.45. The van der Waals surface area contributed by atoms with Crippen molar-refractivity contribution in [1.82, 2.24) is 10.6 Å². The Kier molecular flexibility index (Phi) is 6.64. The number of benzene rings is 1. The molecule has 0 aliphatic carbocycles. The van der Waals surface area contributed by atoms with Crippen LogP contribution < -0.4 is 10.6 Å². The predicted octanol–water partition coefficient (Wildman–Crippen LogP) is 0.0216. The van der Waals surface area contributed by atoms with Gasteiger partial charge in [-0.3, -0.25) is 9.59 Å². The number of hydrogen-bond acceptors (Lipinski definition) is 4. The lowest BCUT2D eigenvalue weighted by molar-refractivity contribution is -0.142. The summed E-state index contributed by atoms with van der Waals surface area (Å²) >= 11 is 5.74. The van der Waals surface area contributed by atoms with Gasteiger partial charge in [-0.2, -0.15) is 0 Å². The molecule has 1 aromatic carbocycles. The van der Waals surface area contributed by atoms with E-state index in [1.54, 1.807) is 12.1 Å². The van der Waals surface area contributed by atoms with E-state index in [4.69, 9.17) is 21.8 Å². The van der Waals surface area contributed by atoms with Crippen molar-refractivity contribution in [1.29, 1.82) is 0 Å². The molecule has 0 aliphatic heterocycles. The van der Waals surface area contributed by atoms with Gasteiger partial charge in [-0.05, 0) is 18.2 Å². The summed E-state index contributed by atoms with van der Waals surface area (Å²) in [6.07, 6.45) is -0.108. The van der Waals surface area contributed by atoms with E-state index < -0.39 is 23.8 Å². The highest BCUT2D eigenvalue weighted by Gasteiger charge is 2.19. The molecule has 0 unspecified atom stereocenters. The fraction of sp³-hybridized carbons (Fsp3) is 0.308. The third-order valence-electron chi connectivity index (χ3n) is 2.55. The lowest BCUT2D eigenvalue weighted by atomic mass is 10.2. The van der Waals surface area contributed by atoms with Crippen LogP contribution in [0.3, 0.4) is 0 Å². The van der Waals surface area contributed by atoms with E-state index in [0.29, 0.717) is 10.6 Å². The number of carboxylic acid groups (broad SMARTS) is 1. The highest BCUT2D eigenvalue weighted by Crippen LogP contribution is 2.10. The molecular formula is C13H15ClN2O5. The molecule has 1 atom stereocenters. The van der Waals surface area contributed by atoms with Crippen LogP contribution >= 0.6 is 11.6 Å². The van der Waals surface area contributed by atoms with Crippen molar-refractivity contribution in [3.05, 3.63) is 34.9 Å². The van der Waals surface area contributed by atoms with E-state index in [9.17, 15) is 14.4 Å². The third kappa shape index (κ3) is 5.80. The average Bonchev–Trinajstić information content (AvgIpc) is 2.44. The highest BCUT2D eigenvalue weighted by atomic mass is 35.5. The number of aliphatic hydroxyl groups excluding tert-OH is 1. The zero-order valence-corrected chi connectivity index (χ0v) is 11.8. The number of hydrogen-bond donors (Lipinski definition) is 4. The standard InChI is InChI=1S/C13H15ClN2O5/c14-9-3-1-2-8(6-9)12(19)15-7-11(18)16-10(4-5-17)13(20)21/h1-3,6,10,17H,4-5,7H2,(H,15,19)(H,16,18)(H,20,21)/t10-/m1/s1. The molecule has 1 rings (SSSR count). The van der Waals surface area contributed by atoms with Crippen LogP contribution in [0.2, 0.25) is 5.02 Å². The van der Waals surface area contributed by atoms with Crippen LogP contribution in [0.25, 0.3) is 0 Å². The molecule has 4 N–H and O–H groups in total. The Balaban J connectivity index is 2.49. The quantitative estimate of drug-likeness (QED) is 0.566. The Hall–Kier alpha value is -2.12. The van der Waals surface area contributed by atoms with Gasteiger partial charge in [-0.1, -0.05) is 17.7 Å². The molecule has 0 bridgehead atoms. The van der Waals surface area contributed by atoms with Gasteiger partial charge in [0, 0.05) is 23.6 Å². The first kappa shape index (κ1) is 16.9. The molecule has 0 radical (unpaired) electrons. The van der Waals surface area contributed by atoms with Gasteiger partial charge in [0.2, 0.25) is 5.91 Å². The van der Waals surface area contributed by atoms with E-state index in [2.05, 4.69) is 10.6 Å². The van der Waals surface area contributed by atoms with Crippen molar-refractivity contribution >= 4 is 29.4 Å². The van der Waals surface area contributed by atoms with E-state index in [1.165, 1.54) is 12.1 Å². The fourth-order valence-corrected chi connectivity index (χ4v) is 1.71. The number of rotatable bonds is 7. The van der Waals surface area contributed by atoms with Gasteiger partial charge in [0.05, 0.1) is 6.54 Å². The smallest absolute Gasteiger partial charge is 0.326 e. The van der Waals surface area contributed by atoms with Gasteiger partial charge in [0.25, 0.3) is 5.91 Å². The SMILES string of the molecule is O=C(CNC(=O)c1cccc(Cl)c1)N[C@H](CCO)C(=O)O. The van der Waals surface area contributed by atoms with Gasteiger partial charge in [0.15, 0.2) is 0 Å². The number of aliphatic hydroxyl groups is 1. The van der Waals surface area contributed by atoms with Crippen molar-refractivity contribution in [3.63, 3.8) is 0 Å². The van der Waals surface area contributed by atoms with Crippen molar-refractivity contribution in [2.24, 2.45) is 0 Å². The Morgan fingerprint density at radius 1 is 1.29 bits per heavy atom. The Bertz CT molecular complexity index is 535. The molecule has 21 heavy (non-hydrogen) atoms. The Labute approximate surface area is 125 Å². The van der Waals surface area contributed by atoms with E-state index >= 15 is 0 Å². The number of carboxylic acids is 1. The topological polar surface area (TPSA) is 116 Å². The molecule has 0 aromatic heterocycles. The molecule has 0 fully saturated rings. The molecule has 114 valence electrons. The predicted molar refractivity (Wildman–Crippen MR) is 75.1 cm³/mol. The molecule has 0 heterocycles. The largest absolute Gasteiger partial charge is 0.480 e. The summed E-state index contributed by atoms with van der Waals surface area (Å²) in [6.45, 7) is -0.743. The summed E-state index contributed by atoms with van der Waals surface area (Å²) in [5.74, 6) is -2.41. The van der Waals surface area contributed by atoms with Crippen LogP contribution in [0.15, 0.2) is 24.3 Å². The Morgan fingerprint density at radius 2 is 2.00 bits per heavy atom. The number of carbonyl (C=O) groups is 3. The van der Waals surface area contributed by atoms with Gasteiger partial charge in [-0.15, -0.1) is 0 Å². The van der Waals surface area contributed by atoms with Gasteiger partial charge in [-0.25, -0.2) is 4.79 Å². The minimum atomic E-state index is -1.25. The summed E-state index contributed by atoms with van der Waals surface area (Å²) in [5, 5.41) is 22.4. The second-order valence-corrected chi connectivity index (χ2v) is 4.60. The molecule has 0 saturated heterocycles. The maximum Gasteiger partial charge on any atom is 0.326 e. The maximum atomic E-state index is 11.7. The summed E-state index contributed by atoms with van der Waals surface area (Å²) in [5.41, 5.74) is 0.292. The van der Waals surface area contributed by atoms with Crippen LogP contribution in [-0.2, 0) is 9.59 Å². The van der Waals surface area contributed by atoms with Gasteiger partial charge < -0.3 is 20.8 Å². The molecule has 0 saturated carbocycles. The molecule has 7 nitrogen and oxygen atoms in total. The third-order valence-corrected chi connectivity index (χ3v) is 2.78. The summed E-state index contributed by atoms with van der Waals surface area (Å²) in [4.78, 5) is 34.1. The van der Waals surface area contributed by atoms with Crippen LogP contribution in [0, 0.1) is 0 Å². The minimum absolute atomic E-state index is 0.108. The van der Waals surface area contributed by atoms with Crippen molar-refractivity contribution in [3.8, 4) is 0 Å². The number of nitrogens with one attached hydrogen (secondary N) is 2. The molecule has 0 aliphatic rings. The second kappa shape index (κ2) is 8.23. The molecule has 1 aromatic rings. The van der Waals surface area contributed by atoms with Gasteiger partial charge in [0.1, 0.15) is 6.04 Å². The number of carbonyl (C=O) groups excluding carboxylic acids is 2. The first-order chi connectivity index (χ1) is 9.93. The zero-order chi connectivity index (χ0) is 15.8. The maximum absolute atomic E-state index is 11.7. The summed E-state index contributed by atoms with van der Waals surface area (Å²) < 4.78 is 0. The van der Waals surface area contributed by atoms with Gasteiger partial charge >= 0.3 is 5.97 Å². The minimum Gasteiger partial charge on any atom is -0.480 e. The van der Waals surface area contributed by atoms with Crippen molar-refractivity contribution in [2.75, 3.05) is 13.2 Å². The average molecular weight is 315 g/mol. The molecular weight excluding hydrogens is 300 g/mol. The lowest BCUT2D eigenvalue weighted by Gasteiger charge is -2.13. The monoisotopic (exact) mass is 314 g/mol. The van der Waals surface area contributed by atoms with Crippen LogP contribution in [0.5, 0.6) is 0 Å². The fourth-order valence-electron chi connectivity index (χ4n) is 1.52. The molecule has 0 spiro atoms. The Morgan fingerprint density at radius 3 is 2.57 bits per heavy atom. The molecule has 8 heteroatoms. The number of halogens is 1. The number of aliphatic carboxylic acids is 1. The first-order valence-electron chi connectivity index (χ1n) is 6.11. The van der Waals surface area contributed by atoms with Crippen LogP contribution in [0.4, 0.5) is 0 Å². The van der Waals surface area contributed by atoms with Crippen molar-refractivity contribution in [2.45, 2.75) is 12.5 Å². The normalized spacial score (nSPS) is 11.5. The van der Waals surface area contributed by atoms with Crippen LogP contribution in [0.1, 0.15) is 16.8 Å². The second-order valence-electron chi connectivity index (χ2n) is 4.16. The van der Waals surface area contributed by atoms with E-state index in [0.717, 1.165) is 0 Å². The summed E-state index contributed by atoms with van der Waals surface area (Å²) in [6, 6.07) is 4.99. The number of amides is 2.